The van der Waals surface area contributed by atoms with Crippen LogP contribution < -0.4 is 0 Å². The lowest BCUT2D eigenvalue weighted by Gasteiger charge is -2.31. The fourth-order valence-electron chi connectivity index (χ4n) is 2.25. The van der Waals surface area contributed by atoms with Gasteiger partial charge in [-0.05, 0) is 11.5 Å². The van der Waals surface area contributed by atoms with Gasteiger partial charge in [0, 0.05) is 5.92 Å². The third-order valence-corrected chi connectivity index (χ3v) is 3.54. The van der Waals surface area contributed by atoms with E-state index in [1.807, 2.05) is 65.0 Å². The lowest BCUT2D eigenvalue weighted by molar-refractivity contribution is -0.161. The molecule has 1 aromatic rings. The molecule has 0 spiro atoms. The van der Waals surface area contributed by atoms with Gasteiger partial charge >= 0.3 is 5.97 Å². The average molecular weight is 278 g/mol. The highest BCUT2D eigenvalue weighted by Gasteiger charge is 2.31. The Bertz CT molecular complexity index is 412. The summed E-state index contributed by atoms with van der Waals surface area (Å²) < 4.78 is 5.58. The van der Waals surface area contributed by atoms with Crippen molar-refractivity contribution in [2.75, 3.05) is 0 Å². The molecule has 0 amide bonds. The number of carbonyl (C=O) groups excluding carboxylic acids is 1. The summed E-state index contributed by atoms with van der Waals surface area (Å²) in [6.07, 6.45) is -0.927. The van der Waals surface area contributed by atoms with Crippen LogP contribution in [-0.2, 0) is 9.53 Å². The fraction of sp³-hybridized carbons (Fsp3) is 0.588. The lowest BCUT2D eigenvalue weighted by atomic mass is 9.87. The highest BCUT2D eigenvalue weighted by Crippen LogP contribution is 2.29. The number of esters is 1. The van der Waals surface area contributed by atoms with Gasteiger partial charge < -0.3 is 9.84 Å². The predicted molar refractivity (Wildman–Crippen MR) is 80.1 cm³/mol. The molecule has 0 heterocycles. The molecule has 0 aliphatic heterocycles. The largest absolute Gasteiger partial charge is 0.461 e. The monoisotopic (exact) mass is 278 g/mol. The van der Waals surface area contributed by atoms with Crippen molar-refractivity contribution in [3.8, 4) is 0 Å². The minimum Gasteiger partial charge on any atom is -0.461 e. The smallest absolute Gasteiger partial charge is 0.308 e. The molecule has 3 atom stereocenters. The molecule has 0 radical (unpaired) electrons. The molecule has 112 valence electrons. The highest BCUT2D eigenvalue weighted by atomic mass is 16.5. The first-order chi connectivity index (χ1) is 9.34. The van der Waals surface area contributed by atoms with Gasteiger partial charge in [0.1, 0.15) is 6.10 Å². The lowest BCUT2D eigenvalue weighted by Crippen LogP contribution is -2.35. The Balaban J connectivity index is 2.83. The Labute approximate surface area is 122 Å². The Hall–Kier alpha value is -1.35. The van der Waals surface area contributed by atoms with Crippen LogP contribution in [0.2, 0.25) is 0 Å². The van der Waals surface area contributed by atoms with Crippen molar-refractivity contribution in [2.45, 2.75) is 46.8 Å². The zero-order chi connectivity index (χ0) is 15.3. The number of ether oxygens (including phenoxy) is 1. The summed E-state index contributed by atoms with van der Waals surface area (Å²) >= 11 is 0. The first kappa shape index (κ1) is 16.7. The Morgan fingerprint density at radius 3 is 2.05 bits per heavy atom. The van der Waals surface area contributed by atoms with Crippen molar-refractivity contribution in [1.29, 1.82) is 0 Å². The molecule has 0 aliphatic carbocycles. The van der Waals surface area contributed by atoms with Crippen LogP contribution in [0.5, 0.6) is 0 Å². The van der Waals surface area contributed by atoms with E-state index in [1.165, 1.54) is 0 Å². The molecule has 0 bridgehead atoms. The van der Waals surface area contributed by atoms with Gasteiger partial charge in [0.25, 0.3) is 0 Å². The molecule has 1 rings (SSSR count). The number of aliphatic hydroxyl groups is 1. The van der Waals surface area contributed by atoms with Crippen LogP contribution in [0.15, 0.2) is 30.3 Å². The van der Waals surface area contributed by atoms with Crippen LogP contribution >= 0.6 is 0 Å². The molecule has 1 N–H and O–H groups in total. The van der Waals surface area contributed by atoms with Crippen molar-refractivity contribution in [2.24, 2.45) is 17.8 Å². The summed E-state index contributed by atoms with van der Waals surface area (Å²) in [6.45, 7) is 9.57. The third kappa shape index (κ3) is 4.34. The van der Waals surface area contributed by atoms with E-state index in [0.29, 0.717) is 0 Å². The molecule has 0 saturated heterocycles. The SMILES string of the molecule is CC(C)C(=O)O[C@H](C(C)C)[C@H](C)[C@H](O)c1ccccc1. The topological polar surface area (TPSA) is 46.5 Å². The molecule has 0 saturated carbocycles. The van der Waals surface area contributed by atoms with Crippen LogP contribution in [0.25, 0.3) is 0 Å². The molecule has 0 fully saturated rings. The number of carbonyl (C=O) groups is 1. The van der Waals surface area contributed by atoms with Gasteiger partial charge in [-0.3, -0.25) is 4.79 Å². The van der Waals surface area contributed by atoms with E-state index in [0.717, 1.165) is 5.56 Å². The maximum absolute atomic E-state index is 11.8. The van der Waals surface area contributed by atoms with E-state index in [4.69, 9.17) is 4.74 Å². The summed E-state index contributed by atoms with van der Waals surface area (Å²) in [5, 5.41) is 10.5. The van der Waals surface area contributed by atoms with Crippen LogP contribution in [0.1, 0.15) is 46.3 Å². The Morgan fingerprint density at radius 2 is 1.60 bits per heavy atom. The molecule has 20 heavy (non-hydrogen) atoms. The van der Waals surface area contributed by atoms with Crippen LogP contribution in [0.4, 0.5) is 0 Å². The second-order valence-electron chi connectivity index (χ2n) is 6.01. The summed E-state index contributed by atoms with van der Waals surface area (Å²) in [5.41, 5.74) is 0.853. The maximum atomic E-state index is 11.8. The maximum Gasteiger partial charge on any atom is 0.308 e. The van der Waals surface area contributed by atoms with Crippen LogP contribution in [-0.4, -0.2) is 17.2 Å². The standard InChI is InChI=1S/C17H26O3/c1-11(2)16(20-17(19)12(3)4)13(5)15(18)14-9-7-6-8-10-14/h6-13,15-16,18H,1-5H3/t13-,15+,16-/m1/s1. The summed E-state index contributed by atoms with van der Waals surface area (Å²) in [6, 6.07) is 9.50. The normalized spacial score (nSPS) is 16.0. The van der Waals surface area contributed by atoms with Gasteiger partial charge in [-0.25, -0.2) is 0 Å². The van der Waals surface area contributed by atoms with Gasteiger partial charge in [-0.15, -0.1) is 0 Å². The van der Waals surface area contributed by atoms with E-state index in [9.17, 15) is 9.90 Å². The van der Waals surface area contributed by atoms with Gasteiger partial charge in [0.15, 0.2) is 0 Å². The minimum absolute atomic E-state index is 0.153. The van der Waals surface area contributed by atoms with Crippen molar-refractivity contribution in [3.63, 3.8) is 0 Å². The van der Waals surface area contributed by atoms with Gasteiger partial charge in [-0.2, -0.15) is 0 Å². The van der Waals surface area contributed by atoms with E-state index >= 15 is 0 Å². The van der Waals surface area contributed by atoms with Gasteiger partial charge in [0.05, 0.1) is 12.0 Å². The fourth-order valence-corrected chi connectivity index (χ4v) is 2.25. The molecular formula is C17H26O3. The second-order valence-corrected chi connectivity index (χ2v) is 6.01. The first-order valence-electron chi connectivity index (χ1n) is 7.28. The average Bonchev–Trinajstić information content (AvgIpc) is 2.43. The zero-order valence-electron chi connectivity index (χ0n) is 13.0. The predicted octanol–water partition coefficient (Wildman–Crippen LogP) is 3.58. The van der Waals surface area contributed by atoms with E-state index < -0.39 is 6.10 Å². The Kier molecular flexibility index (Phi) is 6.21. The van der Waals surface area contributed by atoms with Crippen molar-refractivity contribution >= 4 is 5.97 Å². The van der Waals surface area contributed by atoms with E-state index in [-0.39, 0.29) is 29.8 Å². The van der Waals surface area contributed by atoms with Crippen molar-refractivity contribution in [3.05, 3.63) is 35.9 Å². The van der Waals surface area contributed by atoms with E-state index in [1.54, 1.807) is 0 Å². The summed E-state index contributed by atoms with van der Waals surface area (Å²) in [4.78, 5) is 11.8. The molecule has 3 heteroatoms. The number of hydrogen-bond donors (Lipinski definition) is 1. The molecule has 3 nitrogen and oxygen atoms in total. The highest BCUT2D eigenvalue weighted by molar-refractivity contribution is 5.71. The van der Waals surface area contributed by atoms with Gasteiger partial charge in [0.2, 0.25) is 0 Å². The van der Waals surface area contributed by atoms with Crippen molar-refractivity contribution in [1.82, 2.24) is 0 Å². The number of rotatable bonds is 6. The summed E-state index contributed by atoms with van der Waals surface area (Å²) in [5.74, 6) is -0.362. The first-order valence-corrected chi connectivity index (χ1v) is 7.28. The number of hydrogen-bond acceptors (Lipinski definition) is 3. The molecular weight excluding hydrogens is 252 g/mol. The molecule has 0 aliphatic rings. The second kappa shape index (κ2) is 7.44. The molecule has 0 unspecified atom stereocenters. The van der Waals surface area contributed by atoms with Crippen LogP contribution in [0, 0.1) is 17.8 Å². The Morgan fingerprint density at radius 1 is 1.05 bits per heavy atom. The quantitative estimate of drug-likeness (QED) is 0.809. The molecule has 0 aromatic heterocycles. The minimum atomic E-state index is -0.636. The van der Waals surface area contributed by atoms with Crippen molar-refractivity contribution < 1.29 is 14.6 Å². The number of benzene rings is 1. The summed E-state index contributed by atoms with van der Waals surface area (Å²) in [7, 11) is 0. The number of aliphatic hydroxyl groups excluding tert-OH is 1. The van der Waals surface area contributed by atoms with E-state index in [2.05, 4.69) is 0 Å². The third-order valence-electron chi connectivity index (χ3n) is 3.54. The molecule has 1 aromatic carbocycles. The zero-order valence-corrected chi connectivity index (χ0v) is 13.0. The van der Waals surface area contributed by atoms with Crippen LogP contribution in [0.3, 0.4) is 0 Å². The van der Waals surface area contributed by atoms with Gasteiger partial charge in [-0.1, -0.05) is 65.0 Å².